The Morgan fingerprint density at radius 3 is 2.61 bits per heavy atom. The summed E-state index contributed by atoms with van der Waals surface area (Å²) in [5.74, 6) is 0.586. The van der Waals surface area contributed by atoms with Gasteiger partial charge in [-0.25, -0.2) is 4.68 Å². The first kappa shape index (κ1) is 18.9. The topological polar surface area (TPSA) is 85.2 Å². The molecule has 150 valence electrons. The molecule has 1 aromatic carbocycles. The van der Waals surface area contributed by atoms with Gasteiger partial charge in [0.1, 0.15) is 12.1 Å². The molecule has 0 radical (unpaired) electrons. The number of nitrogens with zero attached hydrogens (tertiary/aromatic N) is 5. The van der Waals surface area contributed by atoms with Crippen molar-refractivity contribution in [3.8, 4) is 11.4 Å². The molecule has 1 saturated carbocycles. The SMILES string of the molecule is CC(Oc1ccc(-n2cnnn2)cc1)C(=O)NCC1(CN2CCCCC2)CC1. The van der Waals surface area contributed by atoms with Crippen LogP contribution >= 0.6 is 0 Å². The number of aromatic nitrogens is 4. The summed E-state index contributed by atoms with van der Waals surface area (Å²) < 4.78 is 7.37. The van der Waals surface area contributed by atoms with E-state index in [0.717, 1.165) is 18.8 Å². The molecule has 1 N–H and O–H groups in total. The number of carbonyl (C=O) groups excluding carboxylic acids is 1. The third-order valence-corrected chi connectivity index (χ3v) is 5.73. The Hall–Kier alpha value is -2.48. The Bertz CT molecular complexity index is 767. The molecule has 1 amide bonds. The molecule has 1 aliphatic carbocycles. The lowest BCUT2D eigenvalue weighted by molar-refractivity contribution is -0.127. The van der Waals surface area contributed by atoms with Crippen LogP contribution in [0.5, 0.6) is 5.75 Å². The van der Waals surface area contributed by atoms with E-state index < -0.39 is 6.10 Å². The molecule has 1 aliphatic heterocycles. The molecule has 0 bridgehead atoms. The van der Waals surface area contributed by atoms with Crippen molar-refractivity contribution in [2.24, 2.45) is 5.41 Å². The number of carbonyl (C=O) groups is 1. The minimum Gasteiger partial charge on any atom is -0.481 e. The van der Waals surface area contributed by atoms with Crippen LogP contribution in [0.15, 0.2) is 30.6 Å². The fourth-order valence-electron chi connectivity index (χ4n) is 3.79. The molecule has 1 unspecified atom stereocenters. The molecule has 1 aromatic heterocycles. The fraction of sp³-hybridized carbons (Fsp3) is 0.600. The number of benzene rings is 1. The van der Waals surface area contributed by atoms with Crippen LogP contribution in [0.4, 0.5) is 0 Å². The first-order valence-electron chi connectivity index (χ1n) is 10.1. The maximum absolute atomic E-state index is 12.5. The summed E-state index contributed by atoms with van der Waals surface area (Å²) in [6.45, 7) is 6.05. The zero-order valence-electron chi connectivity index (χ0n) is 16.4. The number of rotatable bonds is 8. The average molecular weight is 384 g/mol. The smallest absolute Gasteiger partial charge is 0.260 e. The van der Waals surface area contributed by atoms with Gasteiger partial charge >= 0.3 is 0 Å². The third kappa shape index (κ3) is 4.67. The van der Waals surface area contributed by atoms with Crippen LogP contribution in [0.2, 0.25) is 0 Å². The number of ether oxygens (including phenoxy) is 1. The van der Waals surface area contributed by atoms with Crippen molar-refractivity contribution in [3.05, 3.63) is 30.6 Å². The molecule has 2 heterocycles. The lowest BCUT2D eigenvalue weighted by atomic mass is 10.0. The largest absolute Gasteiger partial charge is 0.481 e. The standard InChI is InChI=1S/C20H28N6O2/c1-16(28-18-7-5-17(6-8-18)26-15-22-23-24-26)19(27)21-13-20(9-10-20)14-25-11-3-2-4-12-25/h5-8,15-16H,2-4,9-14H2,1H3,(H,21,27). The van der Waals surface area contributed by atoms with Crippen molar-refractivity contribution >= 4 is 5.91 Å². The third-order valence-electron chi connectivity index (χ3n) is 5.73. The fourth-order valence-corrected chi connectivity index (χ4v) is 3.79. The van der Waals surface area contributed by atoms with Gasteiger partial charge in [0.25, 0.3) is 5.91 Å². The van der Waals surface area contributed by atoms with Crippen molar-refractivity contribution in [1.29, 1.82) is 0 Å². The van der Waals surface area contributed by atoms with Gasteiger partial charge in [-0.1, -0.05) is 6.42 Å². The Morgan fingerprint density at radius 2 is 1.96 bits per heavy atom. The van der Waals surface area contributed by atoms with Gasteiger partial charge in [0.2, 0.25) is 0 Å². The van der Waals surface area contributed by atoms with E-state index in [1.807, 2.05) is 24.3 Å². The second-order valence-electron chi connectivity index (χ2n) is 8.06. The number of nitrogens with one attached hydrogen (secondary N) is 1. The highest BCUT2D eigenvalue weighted by atomic mass is 16.5. The molecular weight excluding hydrogens is 356 g/mol. The van der Waals surface area contributed by atoms with Crippen LogP contribution in [0.1, 0.15) is 39.0 Å². The van der Waals surface area contributed by atoms with Gasteiger partial charge in [-0.2, -0.15) is 0 Å². The Morgan fingerprint density at radius 1 is 1.21 bits per heavy atom. The Balaban J connectivity index is 1.24. The average Bonchev–Trinajstić information content (AvgIpc) is 3.26. The number of hydrogen-bond donors (Lipinski definition) is 1. The van der Waals surface area contributed by atoms with Crippen LogP contribution < -0.4 is 10.1 Å². The maximum Gasteiger partial charge on any atom is 0.260 e. The van der Waals surface area contributed by atoms with Crippen molar-refractivity contribution < 1.29 is 9.53 Å². The summed E-state index contributed by atoms with van der Waals surface area (Å²) in [5, 5.41) is 14.2. The van der Waals surface area contributed by atoms with Crippen molar-refractivity contribution in [1.82, 2.24) is 30.4 Å². The van der Waals surface area contributed by atoms with E-state index >= 15 is 0 Å². The molecule has 8 nitrogen and oxygen atoms in total. The van der Waals surface area contributed by atoms with Crippen LogP contribution in [0.25, 0.3) is 5.69 Å². The summed E-state index contributed by atoms with van der Waals surface area (Å²) >= 11 is 0. The minimum absolute atomic E-state index is 0.0607. The first-order valence-corrected chi connectivity index (χ1v) is 10.1. The van der Waals surface area contributed by atoms with E-state index in [-0.39, 0.29) is 11.3 Å². The number of tetrazole rings is 1. The van der Waals surface area contributed by atoms with Crippen molar-refractivity contribution in [2.75, 3.05) is 26.2 Å². The van der Waals surface area contributed by atoms with E-state index in [4.69, 9.17) is 4.74 Å². The van der Waals surface area contributed by atoms with E-state index in [1.54, 1.807) is 11.6 Å². The van der Waals surface area contributed by atoms with E-state index in [1.165, 1.54) is 51.5 Å². The lowest BCUT2D eigenvalue weighted by Gasteiger charge is -2.30. The highest BCUT2D eigenvalue weighted by molar-refractivity contribution is 5.80. The molecule has 4 rings (SSSR count). The van der Waals surface area contributed by atoms with Gasteiger partial charge in [-0.05, 0) is 80.4 Å². The van der Waals surface area contributed by atoms with Crippen molar-refractivity contribution in [3.63, 3.8) is 0 Å². The van der Waals surface area contributed by atoms with Crippen LogP contribution in [-0.2, 0) is 4.79 Å². The molecule has 28 heavy (non-hydrogen) atoms. The molecule has 0 spiro atoms. The van der Waals surface area contributed by atoms with Gasteiger partial charge in [0, 0.05) is 18.5 Å². The first-order chi connectivity index (χ1) is 13.6. The lowest BCUT2D eigenvalue weighted by Crippen LogP contribution is -2.43. The molecule has 2 aromatic rings. The number of piperidine rings is 1. The summed E-state index contributed by atoms with van der Waals surface area (Å²) in [4.78, 5) is 15.1. The van der Waals surface area contributed by atoms with Gasteiger partial charge in [0.05, 0.1) is 5.69 Å². The summed E-state index contributed by atoms with van der Waals surface area (Å²) in [7, 11) is 0. The molecule has 2 aliphatic rings. The Kier molecular flexibility index (Phi) is 5.57. The zero-order chi connectivity index (χ0) is 19.4. The van der Waals surface area contributed by atoms with Gasteiger partial charge in [-0.3, -0.25) is 4.79 Å². The van der Waals surface area contributed by atoms with E-state index in [0.29, 0.717) is 5.75 Å². The van der Waals surface area contributed by atoms with Crippen LogP contribution in [0, 0.1) is 5.41 Å². The highest BCUT2D eigenvalue weighted by Gasteiger charge is 2.44. The monoisotopic (exact) mass is 384 g/mol. The van der Waals surface area contributed by atoms with Crippen LogP contribution in [0.3, 0.4) is 0 Å². The second-order valence-corrected chi connectivity index (χ2v) is 8.06. The van der Waals surface area contributed by atoms with E-state index in [9.17, 15) is 4.79 Å². The van der Waals surface area contributed by atoms with Gasteiger partial charge in [0.15, 0.2) is 6.10 Å². The summed E-state index contributed by atoms with van der Waals surface area (Å²) in [5.41, 5.74) is 1.11. The molecule has 2 fully saturated rings. The Labute approximate surface area is 165 Å². The molecular formula is C20H28N6O2. The number of hydrogen-bond acceptors (Lipinski definition) is 6. The molecule has 1 atom stereocenters. The number of amides is 1. The molecule has 1 saturated heterocycles. The van der Waals surface area contributed by atoms with Gasteiger partial charge < -0.3 is 15.0 Å². The van der Waals surface area contributed by atoms with Gasteiger partial charge in [-0.15, -0.1) is 5.10 Å². The predicted octanol–water partition coefficient (Wildman–Crippen LogP) is 1.81. The number of likely N-dealkylation sites (tertiary alicyclic amines) is 1. The summed E-state index contributed by atoms with van der Waals surface area (Å²) in [6.07, 6.45) is 7.37. The maximum atomic E-state index is 12.5. The quantitative estimate of drug-likeness (QED) is 0.747. The van der Waals surface area contributed by atoms with Crippen molar-refractivity contribution in [2.45, 2.75) is 45.1 Å². The predicted molar refractivity (Wildman–Crippen MR) is 104 cm³/mol. The van der Waals surface area contributed by atoms with Crippen LogP contribution in [-0.4, -0.2) is 63.3 Å². The highest BCUT2D eigenvalue weighted by Crippen LogP contribution is 2.46. The molecule has 8 heteroatoms. The second kappa shape index (κ2) is 8.26. The minimum atomic E-state index is -0.537. The van der Waals surface area contributed by atoms with E-state index in [2.05, 4.69) is 25.7 Å². The normalized spacial score (nSPS) is 19.8. The zero-order valence-corrected chi connectivity index (χ0v) is 16.4. The summed E-state index contributed by atoms with van der Waals surface area (Å²) in [6, 6.07) is 7.35.